The molecular formula is C44H76N6O8. The van der Waals surface area contributed by atoms with Crippen LogP contribution in [0.3, 0.4) is 0 Å². The number of nitrogens with two attached hydrogens (primary N) is 1. The Bertz CT molecular complexity index is 1430. The fraction of sp³-hybridized carbons (Fsp3) is 0.750. The van der Waals surface area contributed by atoms with E-state index in [1.165, 1.54) is 14.2 Å². The number of likely N-dealkylation sites (N-methyl/N-ethyl adjacent to an activating group) is 2. The van der Waals surface area contributed by atoms with Crippen LogP contribution in [0, 0.1) is 23.7 Å². The molecule has 14 nitrogen and oxygen atoms in total. The summed E-state index contributed by atoms with van der Waals surface area (Å²) in [6.07, 6.45) is 2.78. The van der Waals surface area contributed by atoms with Crippen LogP contribution >= 0.6 is 0 Å². The fourth-order valence-corrected chi connectivity index (χ4v) is 8.42. The Morgan fingerprint density at radius 2 is 1.55 bits per heavy atom. The topological polar surface area (TPSA) is 173 Å². The zero-order chi connectivity index (χ0) is 43.7. The average molecular weight is 817 g/mol. The Kier molecular flexibility index (Phi) is 21.9. The van der Waals surface area contributed by atoms with Crippen molar-refractivity contribution in [3.8, 4) is 0 Å². The third kappa shape index (κ3) is 14.0. The van der Waals surface area contributed by atoms with E-state index >= 15 is 0 Å². The van der Waals surface area contributed by atoms with E-state index in [0.717, 1.165) is 31.2 Å². The molecule has 4 amide bonds. The second kappa shape index (κ2) is 25.1. The van der Waals surface area contributed by atoms with Crippen molar-refractivity contribution >= 4 is 29.6 Å². The van der Waals surface area contributed by atoms with Crippen LogP contribution in [-0.2, 0) is 44.6 Å². The molecule has 0 spiro atoms. The summed E-state index contributed by atoms with van der Waals surface area (Å²) >= 11 is 0. The zero-order valence-electron chi connectivity index (χ0n) is 37.5. The first-order valence-corrected chi connectivity index (χ1v) is 21.2. The standard InChI is InChI=1S/C44H76N6O8/c1-13-30(6)39(49(9)43(54)37(28(2)3)47-42(53)38(29(4)5)48(8)24-18-17-23-45)35(56-10)27-36(51)50-25-19-22-34(50)40(57-11)31(7)41(52)46-33(44(55)58-12)26-32-20-15-14-16-21-32/h14-16,20-21,28-31,33-35,37-40H,13,17-19,22-27,45H2,1-12H3,(H,46,52)(H,47,53)/t30-,31+,33-,34-,35+,37-,38?,39?,40+/m0/s1. The number of nitrogens with zero attached hydrogens (tertiary/aromatic N) is 3. The van der Waals surface area contributed by atoms with E-state index in [0.29, 0.717) is 26.1 Å². The summed E-state index contributed by atoms with van der Waals surface area (Å²) in [4.78, 5) is 74.4. The number of hydrogen-bond acceptors (Lipinski definition) is 10. The van der Waals surface area contributed by atoms with Crippen molar-refractivity contribution in [3.63, 3.8) is 0 Å². The number of hydrogen-bond donors (Lipinski definition) is 3. The molecule has 0 aromatic heterocycles. The highest BCUT2D eigenvalue weighted by atomic mass is 16.5. The highest BCUT2D eigenvalue weighted by molar-refractivity contribution is 5.90. The van der Waals surface area contributed by atoms with Crippen molar-refractivity contribution in [1.29, 1.82) is 0 Å². The molecule has 1 saturated heterocycles. The van der Waals surface area contributed by atoms with Gasteiger partial charge in [-0.2, -0.15) is 0 Å². The molecule has 1 fully saturated rings. The van der Waals surface area contributed by atoms with Gasteiger partial charge in [-0.05, 0) is 69.1 Å². The molecule has 2 rings (SSSR count). The minimum Gasteiger partial charge on any atom is -0.467 e. The van der Waals surface area contributed by atoms with Crippen molar-refractivity contribution in [3.05, 3.63) is 35.9 Å². The molecule has 0 saturated carbocycles. The number of rotatable bonds is 25. The van der Waals surface area contributed by atoms with Crippen LogP contribution in [0.25, 0.3) is 0 Å². The number of carbonyl (C=O) groups is 5. The van der Waals surface area contributed by atoms with Crippen molar-refractivity contribution in [2.75, 3.05) is 55.1 Å². The number of carbonyl (C=O) groups excluding carboxylic acids is 5. The van der Waals surface area contributed by atoms with E-state index in [4.69, 9.17) is 19.9 Å². The Balaban J connectivity index is 2.28. The first kappa shape index (κ1) is 50.6. The molecule has 58 heavy (non-hydrogen) atoms. The Morgan fingerprint density at radius 3 is 2.09 bits per heavy atom. The molecule has 0 aliphatic carbocycles. The van der Waals surface area contributed by atoms with E-state index in [9.17, 15) is 24.0 Å². The summed E-state index contributed by atoms with van der Waals surface area (Å²) < 4.78 is 17.0. The number of likely N-dealkylation sites (tertiary alicyclic amines) is 1. The minimum absolute atomic E-state index is 0.000148. The monoisotopic (exact) mass is 817 g/mol. The molecule has 1 aromatic carbocycles. The van der Waals surface area contributed by atoms with Gasteiger partial charge in [0.05, 0.1) is 49.8 Å². The van der Waals surface area contributed by atoms with Gasteiger partial charge in [0.1, 0.15) is 12.1 Å². The zero-order valence-corrected chi connectivity index (χ0v) is 37.5. The normalized spacial score (nSPS) is 18.6. The molecule has 9 atom stereocenters. The van der Waals surface area contributed by atoms with Crippen LogP contribution in [-0.4, -0.2) is 142 Å². The molecule has 2 unspecified atom stereocenters. The van der Waals surface area contributed by atoms with Crippen molar-refractivity contribution in [1.82, 2.24) is 25.3 Å². The van der Waals surface area contributed by atoms with Gasteiger partial charge in [0.25, 0.3) is 0 Å². The molecule has 1 aromatic rings. The maximum atomic E-state index is 14.4. The second-order valence-corrected chi connectivity index (χ2v) is 16.8. The number of unbranched alkanes of at least 4 members (excludes halogenated alkanes) is 1. The number of esters is 1. The first-order chi connectivity index (χ1) is 27.5. The van der Waals surface area contributed by atoms with Crippen LogP contribution in [0.1, 0.15) is 92.6 Å². The van der Waals surface area contributed by atoms with Crippen molar-refractivity contribution in [2.45, 2.75) is 136 Å². The largest absolute Gasteiger partial charge is 0.467 e. The fourth-order valence-electron chi connectivity index (χ4n) is 8.42. The highest BCUT2D eigenvalue weighted by Gasteiger charge is 2.43. The van der Waals surface area contributed by atoms with Crippen molar-refractivity contribution < 1.29 is 38.2 Å². The Morgan fingerprint density at radius 1 is 0.897 bits per heavy atom. The van der Waals surface area contributed by atoms with E-state index in [1.54, 1.807) is 30.9 Å². The smallest absolute Gasteiger partial charge is 0.328 e. The van der Waals surface area contributed by atoms with Crippen LogP contribution in [0.2, 0.25) is 0 Å². The minimum atomic E-state index is -0.895. The van der Waals surface area contributed by atoms with E-state index in [1.807, 2.05) is 83.8 Å². The van der Waals surface area contributed by atoms with Crippen molar-refractivity contribution in [2.24, 2.45) is 29.4 Å². The summed E-state index contributed by atoms with van der Waals surface area (Å²) in [6.45, 7) is 15.5. The van der Waals surface area contributed by atoms with Crippen LogP contribution in [0.5, 0.6) is 0 Å². The summed E-state index contributed by atoms with van der Waals surface area (Å²) in [7, 11) is 8.04. The summed E-state index contributed by atoms with van der Waals surface area (Å²) in [5.74, 6) is -2.47. The summed E-state index contributed by atoms with van der Waals surface area (Å²) in [5.41, 5.74) is 6.58. The van der Waals surface area contributed by atoms with E-state index in [2.05, 4.69) is 10.6 Å². The molecule has 4 N–H and O–H groups in total. The quantitative estimate of drug-likeness (QED) is 0.0978. The average Bonchev–Trinajstić information content (AvgIpc) is 3.68. The van der Waals surface area contributed by atoms with Gasteiger partial charge in [-0.15, -0.1) is 0 Å². The lowest BCUT2D eigenvalue weighted by Gasteiger charge is -2.41. The Hall–Kier alpha value is -3.59. The lowest BCUT2D eigenvalue weighted by molar-refractivity contribution is -0.149. The molecule has 1 aliphatic heterocycles. The lowest BCUT2D eigenvalue weighted by atomic mass is 9.89. The molecule has 1 aliphatic rings. The maximum absolute atomic E-state index is 14.4. The molecule has 0 bridgehead atoms. The van der Waals surface area contributed by atoms with Gasteiger partial charge < -0.3 is 40.4 Å². The second-order valence-electron chi connectivity index (χ2n) is 16.8. The van der Waals surface area contributed by atoms with Gasteiger partial charge in [0, 0.05) is 34.2 Å². The number of ether oxygens (including phenoxy) is 3. The summed E-state index contributed by atoms with van der Waals surface area (Å²) in [5, 5.41) is 5.96. The predicted octanol–water partition coefficient (Wildman–Crippen LogP) is 3.64. The SMILES string of the molecule is CC[C@H](C)C([C@@H](CC(=O)N1CCC[C@H]1[C@H](OC)[C@@H](C)C(=O)N[C@@H](Cc1ccccc1)C(=O)OC)OC)N(C)C(=O)[C@@H](NC(=O)C(C(C)C)N(C)CCCCN)C(C)C. The number of nitrogens with one attached hydrogen (secondary N) is 2. The highest BCUT2D eigenvalue weighted by Crippen LogP contribution is 2.30. The summed E-state index contributed by atoms with van der Waals surface area (Å²) in [6, 6.07) is 6.40. The molecule has 14 heteroatoms. The van der Waals surface area contributed by atoms with E-state index < -0.39 is 54.3 Å². The number of methoxy groups -OCH3 is 3. The van der Waals surface area contributed by atoms with Gasteiger partial charge in [-0.25, -0.2) is 4.79 Å². The van der Waals surface area contributed by atoms with Crippen LogP contribution in [0.15, 0.2) is 30.3 Å². The molecule has 1 heterocycles. The lowest BCUT2D eigenvalue weighted by Crippen LogP contribution is -2.60. The van der Waals surface area contributed by atoms with Crippen LogP contribution < -0.4 is 16.4 Å². The number of benzene rings is 1. The van der Waals surface area contributed by atoms with Gasteiger partial charge in [0.15, 0.2) is 0 Å². The predicted molar refractivity (Wildman–Crippen MR) is 227 cm³/mol. The molecule has 0 radical (unpaired) electrons. The first-order valence-electron chi connectivity index (χ1n) is 21.2. The molecular weight excluding hydrogens is 741 g/mol. The van der Waals surface area contributed by atoms with Gasteiger partial charge in [-0.3, -0.25) is 24.1 Å². The third-order valence-electron chi connectivity index (χ3n) is 11.9. The van der Waals surface area contributed by atoms with E-state index in [-0.39, 0.29) is 54.2 Å². The van der Waals surface area contributed by atoms with Gasteiger partial charge >= 0.3 is 5.97 Å². The Labute approximate surface area is 348 Å². The third-order valence-corrected chi connectivity index (χ3v) is 11.9. The van der Waals surface area contributed by atoms with Crippen LogP contribution in [0.4, 0.5) is 0 Å². The molecule has 330 valence electrons. The number of amides is 4. The van der Waals surface area contributed by atoms with Gasteiger partial charge in [0.2, 0.25) is 23.6 Å². The maximum Gasteiger partial charge on any atom is 0.328 e. The van der Waals surface area contributed by atoms with Gasteiger partial charge in [-0.1, -0.05) is 85.2 Å².